The Bertz CT molecular complexity index is 678. The van der Waals surface area contributed by atoms with Gasteiger partial charge in [-0.25, -0.2) is 13.1 Å². The van der Waals surface area contributed by atoms with E-state index in [0.717, 1.165) is 38.5 Å². The minimum absolute atomic E-state index is 0.0615. The number of ether oxygens (including phenoxy) is 1. The number of hydrogen-bond acceptors (Lipinski definition) is 4. The minimum Gasteiger partial charge on any atom is -0.377 e. The van der Waals surface area contributed by atoms with Crippen molar-refractivity contribution < 1.29 is 17.9 Å². The van der Waals surface area contributed by atoms with Crippen molar-refractivity contribution in [2.24, 2.45) is 0 Å². The second-order valence-electron chi connectivity index (χ2n) is 6.47. The van der Waals surface area contributed by atoms with Crippen molar-refractivity contribution in [3.8, 4) is 0 Å². The van der Waals surface area contributed by atoms with Crippen LogP contribution in [0, 0.1) is 0 Å². The third-order valence-electron chi connectivity index (χ3n) is 4.62. The molecular formula is C17H24N2O4S. The van der Waals surface area contributed by atoms with Crippen molar-refractivity contribution in [3.63, 3.8) is 0 Å². The molecule has 24 heavy (non-hydrogen) atoms. The molecule has 1 heterocycles. The lowest BCUT2D eigenvalue weighted by Gasteiger charge is -2.14. The fourth-order valence-electron chi connectivity index (χ4n) is 3.23. The van der Waals surface area contributed by atoms with Gasteiger partial charge < -0.3 is 10.1 Å². The Kier molecular flexibility index (Phi) is 5.53. The van der Waals surface area contributed by atoms with Crippen molar-refractivity contribution in [3.05, 3.63) is 29.8 Å². The summed E-state index contributed by atoms with van der Waals surface area (Å²) >= 11 is 0. The van der Waals surface area contributed by atoms with E-state index in [1.165, 1.54) is 12.1 Å². The van der Waals surface area contributed by atoms with E-state index in [0.29, 0.717) is 12.2 Å². The van der Waals surface area contributed by atoms with Gasteiger partial charge in [0.1, 0.15) is 0 Å². The number of nitrogens with one attached hydrogen (secondary N) is 2. The Morgan fingerprint density at radius 3 is 2.67 bits per heavy atom. The molecule has 1 amide bonds. The number of carbonyl (C=O) groups is 1. The zero-order valence-corrected chi connectivity index (χ0v) is 14.5. The van der Waals surface area contributed by atoms with E-state index in [9.17, 15) is 13.2 Å². The Balaban J connectivity index is 1.65. The number of sulfonamides is 1. The van der Waals surface area contributed by atoms with E-state index in [4.69, 9.17) is 4.74 Å². The molecule has 0 spiro atoms. The molecule has 2 fully saturated rings. The number of benzene rings is 1. The highest BCUT2D eigenvalue weighted by molar-refractivity contribution is 7.89. The van der Waals surface area contributed by atoms with E-state index in [2.05, 4.69) is 10.0 Å². The van der Waals surface area contributed by atoms with E-state index in [1.807, 2.05) is 0 Å². The summed E-state index contributed by atoms with van der Waals surface area (Å²) < 4.78 is 32.8. The zero-order chi connectivity index (χ0) is 17.0. The lowest BCUT2D eigenvalue weighted by atomic mass is 10.2. The molecule has 6 nitrogen and oxygen atoms in total. The summed E-state index contributed by atoms with van der Waals surface area (Å²) in [6.45, 7) is 0.948. The first-order chi connectivity index (χ1) is 11.5. The van der Waals surface area contributed by atoms with Crippen LogP contribution in [0.2, 0.25) is 0 Å². The molecule has 1 aromatic rings. The van der Waals surface area contributed by atoms with E-state index < -0.39 is 10.0 Å². The van der Waals surface area contributed by atoms with Gasteiger partial charge >= 0.3 is 0 Å². The molecule has 132 valence electrons. The lowest BCUT2D eigenvalue weighted by Crippen LogP contribution is -2.33. The van der Waals surface area contributed by atoms with Crippen molar-refractivity contribution in [2.45, 2.75) is 55.6 Å². The van der Waals surface area contributed by atoms with Crippen LogP contribution >= 0.6 is 0 Å². The van der Waals surface area contributed by atoms with Crippen molar-refractivity contribution in [1.82, 2.24) is 10.0 Å². The number of amides is 1. The van der Waals surface area contributed by atoms with Crippen molar-refractivity contribution >= 4 is 15.9 Å². The van der Waals surface area contributed by atoms with Crippen LogP contribution in [0.3, 0.4) is 0 Å². The summed E-state index contributed by atoms with van der Waals surface area (Å²) in [5.41, 5.74) is 0.377. The maximum Gasteiger partial charge on any atom is 0.251 e. The summed E-state index contributed by atoms with van der Waals surface area (Å²) in [6.07, 6.45) is 6.02. The smallest absolute Gasteiger partial charge is 0.251 e. The topological polar surface area (TPSA) is 84.5 Å². The van der Waals surface area contributed by atoms with Crippen LogP contribution in [-0.2, 0) is 14.8 Å². The molecule has 1 unspecified atom stereocenters. The molecule has 2 aliphatic rings. The third kappa shape index (κ3) is 4.34. The Morgan fingerprint density at radius 1 is 1.17 bits per heavy atom. The molecule has 0 aromatic heterocycles. The highest BCUT2D eigenvalue weighted by atomic mass is 32.2. The van der Waals surface area contributed by atoms with Crippen molar-refractivity contribution in [2.75, 3.05) is 13.2 Å². The molecule has 0 bridgehead atoms. The van der Waals surface area contributed by atoms with Gasteiger partial charge in [-0.1, -0.05) is 18.9 Å². The lowest BCUT2D eigenvalue weighted by molar-refractivity contribution is 0.0937. The van der Waals surface area contributed by atoms with Gasteiger partial charge in [0, 0.05) is 24.8 Å². The molecule has 1 atom stereocenters. The molecule has 1 aromatic carbocycles. The second kappa shape index (κ2) is 7.63. The van der Waals surface area contributed by atoms with Crippen LogP contribution in [0.4, 0.5) is 0 Å². The molecule has 1 saturated heterocycles. The molecule has 2 N–H and O–H groups in total. The van der Waals surface area contributed by atoms with Crippen LogP contribution in [0.25, 0.3) is 0 Å². The quantitative estimate of drug-likeness (QED) is 0.818. The van der Waals surface area contributed by atoms with Crippen LogP contribution in [0.1, 0.15) is 48.9 Å². The largest absolute Gasteiger partial charge is 0.377 e. The van der Waals surface area contributed by atoms with E-state index in [-0.39, 0.29) is 29.5 Å². The highest BCUT2D eigenvalue weighted by Crippen LogP contribution is 2.19. The van der Waals surface area contributed by atoms with Gasteiger partial charge in [-0.15, -0.1) is 0 Å². The Morgan fingerprint density at radius 2 is 1.96 bits per heavy atom. The molecule has 1 aliphatic heterocycles. The predicted molar refractivity (Wildman–Crippen MR) is 90.3 cm³/mol. The molecule has 3 rings (SSSR count). The Hall–Kier alpha value is -1.44. The number of rotatable bonds is 6. The van der Waals surface area contributed by atoms with Gasteiger partial charge in [-0.05, 0) is 43.9 Å². The summed E-state index contributed by atoms with van der Waals surface area (Å²) in [4.78, 5) is 12.4. The van der Waals surface area contributed by atoms with Crippen molar-refractivity contribution in [1.29, 1.82) is 0 Å². The monoisotopic (exact) mass is 352 g/mol. The first-order valence-electron chi connectivity index (χ1n) is 8.57. The van der Waals surface area contributed by atoms with Crippen LogP contribution in [-0.4, -0.2) is 39.6 Å². The maximum atomic E-state index is 12.4. The summed E-state index contributed by atoms with van der Waals surface area (Å²) in [5.74, 6) is -0.210. The van der Waals surface area contributed by atoms with E-state index in [1.54, 1.807) is 12.1 Å². The third-order valence-corrected chi connectivity index (χ3v) is 6.04. The molecule has 0 radical (unpaired) electrons. The van der Waals surface area contributed by atoms with Gasteiger partial charge in [0.2, 0.25) is 10.0 Å². The van der Waals surface area contributed by atoms with Crippen LogP contribution < -0.4 is 10.0 Å². The van der Waals surface area contributed by atoms with Crippen LogP contribution in [0.15, 0.2) is 29.2 Å². The summed E-state index contributed by atoms with van der Waals surface area (Å²) in [6, 6.07) is 6.38. The standard InChI is InChI=1S/C17H24N2O4S/c20-17(19-14-6-1-2-7-14)13-5-3-9-16(11-13)24(21,22)18-12-15-8-4-10-23-15/h3,5,9,11,14-15,18H,1-2,4,6-8,10,12H2,(H,19,20). The number of carbonyl (C=O) groups excluding carboxylic acids is 1. The maximum absolute atomic E-state index is 12.4. The van der Waals surface area contributed by atoms with Crippen LogP contribution in [0.5, 0.6) is 0 Å². The molecule has 7 heteroatoms. The summed E-state index contributed by atoms with van der Waals surface area (Å²) in [5, 5.41) is 2.98. The first-order valence-corrected chi connectivity index (χ1v) is 10.0. The normalized spacial score (nSPS) is 21.9. The van der Waals surface area contributed by atoms with Gasteiger partial charge in [0.05, 0.1) is 11.0 Å². The van der Waals surface area contributed by atoms with Gasteiger partial charge in [-0.3, -0.25) is 4.79 Å². The average molecular weight is 352 g/mol. The summed E-state index contributed by atoms with van der Waals surface area (Å²) in [7, 11) is -3.64. The Labute approximate surface area is 143 Å². The first kappa shape index (κ1) is 17.4. The second-order valence-corrected chi connectivity index (χ2v) is 8.24. The van der Waals surface area contributed by atoms with E-state index >= 15 is 0 Å². The van der Waals surface area contributed by atoms with Gasteiger partial charge in [0.15, 0.2) is 0 Å². The number of hydrogen-bond donors (Lipinski definition) is 2. The van der Waals surface area contributed by atoms with Gasteiger partial charge in [-0.2, -0.15) is 0 Å². The highest BCUT2D eigenvalue weighted by Gasteiger charge is 2.22. The fourth-order valence-corrected chi connectivity index (χ4v) is 4.35. The average Bonchev–Trinajstić information content (AvgIpc) is 3.27. The SMILES string of the molecule is O=C(NC1CCCC1)c1cccc(S(=O)(=O)NCC2CCCO2)c1. The predicted octanol–water partition coefficient (Wildman–Crippen LogP) is 1.82. The molecule has 1 aliphatic carbocycles. The van der Waals surface area contributed by atoms with Gasteiger partial charge in [0.25, 0.3) is 5.91 Å². The minimum atomic E-state index is -3.64. The molecular weight excluding hydrogens is 328 g/mol. The zero-order valence-electron chi connectivity index (χ0n) is 13.7. The molecule has 1 saturated carbocycles. The fraction of sp³-hybridized carbons (Fsp3) is 0.588.